The molecule has 0 saturated carbocycles. The van der Waals surface area contributed by atoms with Crippen molar-refractivity contribution in [3.05, 3.63) is 96.6 Å². The average Bonchev–Trinajstić information content (AvgIpc) is 3.58. The highest BCUT2D eigenvalue weighted by Crippen LogP contribution is 2.36. The maximum Gasteiger partial charge on any atom is 0.243 e. The van der Waals surface area contributed by atoms with Gasteiger partial charge >= 0.3 is 0 Å². The normalized spacial score (nSPS) is 15.8. The molecule has 1 atom stereocenters. The third kappa shape index (κ3) is 3.57. The molecular formula is C25H22N4O2. The molecule has 1 unspecified atom stereocenters. The van der Waals surface area contributed by atoms with E-state index >= 15 is 0 Å². The second-order valence-electron chi connectivity index (χ2n) is 7.41. The Morgan fingerprint density at radius 1 is 1.03 bits per heavy atom. The van der Waals surface area contributed by atoms with Crippen molar-refractivity contribution in [1.29, 1.82) is 0 Å². The summed E-state index contributed by atoms with van der Waals surface area (Å²) >= 11 is 0. The topological polar surface area (TPSA) is 63.6 Å². The van der Waals surface area contributed by atoms with E-state index in [4.69, 9.17) is 14.6 Å². The summed E-state index contributed by atoms with van der Waals surface area (Å²) in [5, 5.41) is 11.2. The largest absolute Gasteiger partial charge is 0.467 e. The van der Waals surface area contributed by atoms with Crippen LogP contribution in [0.15, 0.2) is 94.8 Å². The number of carbonyl (C=O) groups excluding carboxylic acids is 1. The molecule has 0 radical (unpaired) electrons. The third-order valence-corrected chi connectivity index (χ3v) is 5.43. The maximum absolute atomic E-state index is 12.6. The zero-order valence-electron chi connectivity index (χ0n) is 17.2. The second kappa shape index (κ2) is 8.07. The number of hydrazone groups is 1. The lowest BCUT2D eigenvalue weighted by molar-refractivity contribution is -0.133. The van der Waals surface area contributed by atoms with Crippen molar-refractivity contribution in [1.82, 2.24) is 14.8 Å². The number of amides is 1. The molecule has 2 aromatic heterocycles. The van der Waals surface area contributed by atoms with Crippen molar-refractivity contribution in [2.24, 2.45) is 5.10 Å². The van der Waals surface area contributed by atoms with E-state index in [0.717, 1.165) is 34.0 Å². The number of furan rings is 1. The Labute approximate surface area is 180 Å². The molecule has 1 aliphatic heterocycles. The molecule has 31 heavy (non-hydrogen) atoms. The molecule has 0 N–H and O–H groups in total. The van der Waals surface area contributed by atoms with Gasteiger partial charge in [-0.1, -0.05) is 55.5 Å². The van der Waals surface area contributed by atoms with Crippen molar-refractivity contribution in [2.75, 3.05) is 0 Å². The molecule has 0 saturated heterocycles. The summed E-state index contributed by atoms with van der Waals surface area (Å²) in [5.74, 6) is 0.699. The molecule has 0 aliphatic carbocycles. The van der Waals surface area contributed by atoms with Crippen LogP contribution in [0.2, 0.25) is 0 Å². The number of aromatic nitrogens is 2. The number of hydrogen-bond donors (Lipinski definition) is 0. The minimum Gasteiger partial charge on any atom is -0.467 e. The zero-order chi connectivity index (χ0) is 21.2. The van der Waals surface area contributed by atoms with E-state index in [1.54, 1.807) is 11.3 Å². The van der Waals surface area contributed by atoms with Crippen LogP contribution in [0.3, 0.4) is 0 Å². The highest BCUT2D eigenvalue weighted by Gasteiger charge is 2.35. The fourth-order valence-electron chi connectivity index (χ4n) is 3.87. The van der Waals surface area contributed by atoms with Gasteiger partial charge in [0.2, 0.25) is 5.91 Å². The van der Waals surface area contributed by atoms with Crippen LogP contribution in [0.4, 0.5) is 0 Å². The van der Waals surface area contributed by atoms with E-state index in [1.165, 1.54) is 0 Å². The van der Waals surface area contributed by atoms with Crippen LogP contribution in [0.1, 0.15) is 37.1 Å². The number of nitrogens with zero attached hydrogens (tertiary/aromatic N) is 4. The molecular weight excluding hydrogens is 388 g/mol. The van der Waals surface area contributed by atoms with Gasteiger partial charge in [-0.25, -0.2) is 9.69 Å². The van der Waals surface area contributed by atoms with Gasteiger partial charge in [0.25, 0.3) is 0 Å². The van der Waals surface area contributed by atoms with Crippen LogP contribution in [0.25, 0.3) is 16.9 Å². The summed E-state index contributed by atoms with van der Waals surface area (Å²) in [7, 11) is 0. The Kier molecular flexibility index (Phi) is 4.96. The fourth-order valence-corrected chi connectivity index (χ4v) is 3.87. The number of rotatable bonds is 5. The number of hydrogen-bond acceptors (Lipinski definition) is 4. The molecule has 3 heterocycles. The SMILES string of the molecule is CCC(=O)N1N=C(c2cn(-c3ccccc3)nc2-c2ccccc2)CC1c1ccco1. The Morgan fingerprint density at radius 2 is 1.77 bits per heavy atom. The van der Waals surface area contributed by atoms with E-state index in [1.807, 2.05) is 90.6 Å². The number of benzene rings is 2. The lowest BCUT2D eigenvalue weighted by atomic mass is 10.00. The number of para-hydroxylation sites is 1. The van der Waals surface area contributed by atoms with Gasteiger partial charge in [0.05, 0.1) is 17.7 Å². The van der Waals surface area contributed by atoms with Gasteiger partial charge in [0, 0.05) is 30.2 Å². The lowest BCUT2D eigenvalue weighted by Crippen LogP contribution is -2.25. The van der Waals surface area contributed by atoms with Crippen LogP contribution < -0.4 is 0 Å². The second-order valence-corrected chi connectivity index (χ2v) is 7.41. The van der Waals surface area contributed by atoms with Gasteiger partial charge in [0.15, 0.2) is 0 Å². The van der Waals surface area contributed by atoms with Crippen LogP contribution in [0.5, 0.6) is 0 Å². The molecule has 1 amide bonds. The van der Waals surface area contributed by atoms with Gasteiger partial charge < -0.3 is 4.42 Å². The number of carbonyl (C=O) groups is 1. The standard InChI is InChI=1S/C25H22N4O2/c1-2-24(30)29-22(23-14-9-15-31-23)16-21(26-29)20-17-28(19-12-7-4-8-13-19)27-25(20)18-10-5-3-6-11-18/h3-15,17,22H,2,16H2,1H3. The third-order valence-electron chi connectivity index (χ3n) is 5.43. The van der Waals surface area contributed by atoms with Crippen LogP contribution in [-0.2, 0) is 4.79 Å². The smallest absolute Gasteiger partial charge is 0.243 e. The summed E-state index contributed by atoms with van der Waals surface area (Å²) in [4.78, 5) is 12.6. The van der Waals surface area contributed by atoms with E-state index < -0.39 is 0 Å². The Balaban J connectivity index is 1.62. The molecule has 4 aromatic rings. The van der Waals surface area contributed by atoms with E-state index in [-0.39, 0.29) is 11.9 Å². The predicted molar refractivity (Wildman–Crippen MR) is 119 cm³/mol. The molecule has 5 rings (SSSR count). The van der Waals surface area contributed by atoms with E-state index in [9.17, 15) is 4.79 Å². The summed E-state index contributed by atoms with van der Waals surface area (Å²) in [6, 6.07) is 23.5. The van der Waals surface area contributed by atoms with Crippen molar-refractivity contribution in [3.63, 3.8) is 0 Å². The highest BCUT2D eigenvalue weighted by molar-refractivity contribution is 6.07. The molecule has 0 spiro atoms. The monoisotopic (exact) mass is 410 g/mol. The zero-order valence-corrected chi connectivity index (χ0v) is 17.2. The van der Waals surface area contributed by atoms with Gasteiger partial charge in [-0.3, -0.25) is 4.79 Å². The Morgan fingerprint density at radius 3 is 2.45 bits per heavy atom. The van der Waals surface area contributed by atoms with Gasteiger partial charge in [0.1, 0.15) is 17.5 Å². The van der Waals surface area contributed by atoms with Crippen molar-refractivity contribution in [2.45, 2.75) is 25.8 Å². The van der Waals surface area contributed by atoms with Gasteiger partial charge in [-0.05, 0) is 24.3 Å². The Hall–Kier alpha value is -3.93. The highest BCUT2D eigenvalue weighted by atomic mass is 16.3. The molecule has 6 heteroatoms. The molecule has 0 bridgehead atoms. The lowest BCUT2D eigenvalue weighted by Gasteiger charge is -2.18. The quantitative estimate of drug-likeness (QED) is 0.453. The molecule has 154 valence electrons. The first kappa shape index (κ1) is 19.1. The predicted octanol–water partition coefficient (Wildman–Crippen LogP) is 5.22. The Bertz CT molecular complexity index is 1210. The minimum absolute atomic E-state index is 0.0342. The first-order valence-corrected chi connectivity index (χ1v) is 10.4. The van der Waals surface area contributed by atoms with Crippen LogP contribution >= 0.6 is 0 Å². The summed E-state index contributed by atoms with van der Waals surface area (Å²) < 4.78 is 7.50. The van der Waals surface area contributed by atoms with E-state index in [2.05, 4.69) is 0 Å². The maximum atomic E-state index is 12.6. The summed E-state index contributed by atoms with van der Waals surface area (Å²) in [6.45, 7) is 1.85. The fraction of sp³-hybridized carbons (Fsp3) is 0.160. The molecule has 6 nitrogen and oxygen atoms in total. The van der Waals surface area contributed by atoms with Gasteiger partial charge in [-0.15, -0.1) is 0 Å². The van der Waals surface area contributed by atoms with Crippen LogP contribution in [-0.4, -0.2) is 26.4 Å². The van der Waals surface area contributed by atoms with Gasteiger partial charge in [-0.2, -0.15) is 10.2 Å². The first-order valence-electron chi connectivity index (χ1n) is 10.4. The molecule has 0 fully saturated rings. The molecule has 2 aromatic carbocycles. The summed E-state index contributed by atoms with van der Waals surface area (Å²) in [6.07, 6.45) is 4.57. The average molecular weight is 410 g/mol. The van der Waals surface area contributed by atoms with Crippen molar-refractivity contribution < 1.29 is 9.21 Å². The van der Waals surface area contributed by atoms with E-state index in [0.29, 0.717) is 12.8 Å². The van der Waals surface area contributed by atoms with Crippen molar-refractivity contribution in [3.8, 4) is 16.9 Å². The van der Waals surface area contributed by atoms with Crippen LogP contribution in [0, 0.1) is 0 Å². The minimum atomic E-state index is -0.249. The first-order chi connectivity index (χ1) is 15.2. The molecule has 1 aliphatic rings. The summed E-state index contributed by atoms with van der Waals surface area (Å²) in [5.41, 5.74) is 4.55. The van der Waals surface area contributed by atoms with Crippen molar-refractivity contribution >= 4 is 11.6 Å².